The van der Waals surface area contributed by atoms with Gasteiger partial charge in [-0.05, 0) is 25.0 Å². The number of carbonyl (C=O) groups excluding carboxylic acids is 1. The molecule has 0 aromatic carbocycles. The van der Waals surface area contributed by atoms with Crippen LogP contribution < -0.4 is 10.2 Å². The van der Waals surface area contributed by atoms with Crippen LogP contribution in [0.3, 0.4) is 0 Å². The summed E-state index contributed by atoms with van der Waals surface area (Å²) in [5.74, 6) is -2.73. The molecule has 2 aromatic rings. The predicted octanol–water partition coefficient (Wildman–Crippen LogP) is 4.21. The molecule has 2 fully saturated rings. The largest absolute Gasteiger partial charge is 0.416 e. The number of hydrogen-bond acceptors (Lipinski definition) is 6. The Bertz CT molecular complexity index is 1020. The Kier molecular flexibility index (Phi) is 6.10. The molecule has 0 unspecified atom stereocenters. The van der Waals surface area contributed by atoms with E-state index < -0.39 is 24.2 Å². The van der Waals surface area contributed by atoms with Gasteiger partial charge in [0.15, 0.2) is 0 Å². The number of amides is 1. The van der Waals surface area contributed by atoms with Crippen LogP contribution in [0, 0.1) is 0 Å². The highest BCUT2D eigenvalue weighted by molar-refractivity contribution is 5.73. The van der Waals surface area contributed by atoms with E-state index in [0.717, 1.165) is 18.3 Å². The highest BCUT2D eigenvalue weighted by atomic mass is 19.4. The van der Waals surface area contributed by atoms with E-state index in [1.807, 2.05) is 0 Å². The molecule has 7 nitrogen and oxygen atoms in total. The van der Waals surface area contributed by atoms with Crippen molar-refractivity contribution < 1.29 is 26.7 Å². The zero-order chi connectivity index (χ0) is 23.8. The van der Waals surface area contributed by atoms with Gasteiger partial charge in [-0.2, -0.15) is 18.2 Å². The molecule has 2 aliphatic rings. The molecular weight excluding hydrogens is 447 g/mol. The van der Waals surface area contributed by atoms with Crippen LogP contribution in [0.4, 0.5) is 39.5 Å². The van der Waals surface area contributed by atoms with Gasteiger partial charge in [-0.3, -0.25) is 4.79 Å². The zero-order valence-corrected chi connectivity index (χ0v) is 17.9. The lowest BCUT2D eigenvalue weighted by Gasteiger charge is -2.31. The van der Waals surface area contributed by atoms with Gasteiger partial charge in [-0.25, -0.2) is 18.7 Å². The quantitative estimate of drug-likeness (QED) is 0.675. The molecule has 2 saturated heterocycles. The van der Waals surface area contributed by atoms with Crippen molar-refractivity contribution in [1.29, 1.82) is 0 Å². The molecule has 1 amide bonds. The summed E-state index contributed by atoms with van der Waals surface area (Å²) in [6.07, 6.45) is -2.56. The van der Waals surface area contributed by atoms with E-state index >= 15 is 0 Å². The number of alkyl halides is 5. The van der Waals surface area contributed by atoms with Crippen molar-refractivity contribution in [3.63, 3.8) is 0 Å². The third kappa shape index (κ3) is 5.48. The molecule has 178 valence electrons. The zero-order valence-electron chi connectivity index (χ0n) is 17.9. The maximum atomic E-state index is 13.8. The summed E-state index contributed by atoms with van der Waals surface area (Å²) < 4.78 is 66.8. The Morgan fingerprint density at radius 3 is 2.45 bits per heavy atom. The SMILES string of the molecule is CC(=O)N1CCC(c2cc(Nc3cc(C(F)(F)F)ccn3)nc(N3CCC(F)(F)C3)n2)CC1. The number of piperidine rings is 1. The van der Waals surface area contributed by atoms with Crippen LogP contribution in [-0.2, 0) is 11.0 Å². The fraction of sp³-hybridized carbons (Fsp3) is 0.524. The Labute approximate surface area is 187 Å². The lowest BCUT2D eigenvalue weighted by molar-refractivity contribution is -0.137. The highest BCUT2D eigenvalue weighted by Gasteiger charge is 2.39. The van der Waals surface area contributed by atoms with Gasteiger partial charge in [0.05, 0.1) is 17.8 Å². The first-order valence-corrected chi connectivity index (χ1v) is 10.6. The molecule has 4 rings (SSSR count). The van der Waals surface area contributed by atoms with Crippen LogP contribution in [0.25, 0.3) is 0 Å². The Morgan fingerprint density at radius 2 is 1.85 bits per heavy atom. The first-order valence-electron chi connectivity index (χ1n) is 10.6. The maximum absolute atomic E-state index is 13.8. The summed E-state index contributed by atoms with van der Waals surface area (Å²) in [6.45, 7) is 2.12. The average molecular weight is 470 g/mol. The van der Waals surface area contributed by atoms with Gasteiger partial charge in [0.25, 0.3) is 5.92 Å². The van der Waals surface area contributed by atoms with E-state index in [1.54, 1.807) is 11.0 Å². The van der Waals surface area contributed by atoms with Crippen LogP contribution in [-0.4, -0.2) is 57.9 Å². The maximum Gasteiger partial charge on any atom is 0.416 e. The second-order valence-electron chi connectivity index (χ2n) is 8.34. The summed E-state index contributed by atoms with van der Waals surface area (Å²) >= 11 is 0. The summed E-state index contributed by atoms with van der Waals surface area (Å²) in [5.41, 5.74) is -0.279. The molecule has 0 atom stereocenters. The minimum Gasteiger partial charge on any atom is -0.343 e. The number of nitrogens with zero attached hydrogens (tertiary/aromatic N) is 5. The molecule has 0 radical (unpaired) electrons. The first-order chi connectivity index (χ1) is 15.5. The minimum atomic E-state index is -4.53. The number of hydrogen-bond donors (Lipinski definition) is 1. The lowest BCUT2D eigenvalue weighted by atomic mass is 9.93. The average Bonchev–Trinajstić information content (AvgIpc) is 3.13. The van der Waals surface area contributed by atoms with Crippen LogP contribution in [0.1, 0.15) is 43.4 Å². The van der Waals surface area contributed by atoms with E-state index in [1.165, 1.54) is 11.8 Å². The second-order valence-corrected chi connectivity index (χ2v) is 8.34. The third-order valence-electron chi connectivity index (χ3n) is 5.89. The lowest BCUT2D eigenvalue weighted by Crippen LogP contribution is -2.36. The fourth-order valence-electron chi connectivity index (χ4n) is 4.07. The van der Waals surface area contributed by atoms with Crippen LogP contribution in [0.15, 0.2) is 24.4 Å². The number of rotatable bonds is 4. The molecule has 0 aliphatic carbocycles. The van der Waals surface area contributed by atoms with Gasteiger partial charge in [-0.15, -0.1) is 0 Å². The van der Waals surface area contributed by atoms with Crippen molar-refractivity contribution in [2.45, 2.75) is 44.2 Å². The molecular formula is C21H23F5N6O. The van der Waals surface area contributed by atoms with E-state index in [2.05, 4.69) is 20.3 Å². The van der Waals surface area contributed by atoms with Crippen molar-refractivity contribution in [3.8, 4) is 0 Å². The molecule has 4 heterocycles. The van der Waals surface area contributed by atoms with Crippen LogP contribution in [0.2, 0.25) is 0 Å². The summed E-state index contributed by atoms with van der Waals surface area (Å²) in [7, 11) is 0. The van der Waals surface area contributed by atoms with Crippen molar-refractivity contribution in [2.24, 2.45) is 0 Å². The van der Waals surface area contributed by atoms with Gasteiger partial charge in [0.2, 0.25) is 11.9 Å². The van der Waals surface area contributed by atoms with Crippen LogP contribution >= 0.6 is 0 Å². The Hall–Kier alpha value is -3.05. The third-order valence-corrected chi connectivity index (χ3v) is 5.89. The summed E-state index contributed by atoms with van der Waals surface area (Å²) in [6, 6.07) is 3.32. The van der Waals surface area contributed by atoms with Gasteiger partial charge >= 0.3 is 6.18 Å². The number of pyridine rings is 1. The normalized spacial score (nSPS) is 19.1. The minimum absolute atomic E-state index is 0.0194. The standard InChI is InChI=1S/C21H23F5N6O/c1-13(33)31-7-3-14(4-8-31)16-11-18(29-17-10-15(2-6-27-17)21(24,25)26)30-19(28-16)32-9-5-20(22,23)12-32/h2,6,10-11,14H,3-5,7-9,12H2,1H3,(H,27,28,29,30). The molecule has 33 heavy (non-hydrogen) atoms. The molecule has 0 saturated carbocycles. The van der Waals surface area contributed by atoms with E-state index in [4.69, 9.17) is 0 Å². The fourth-order valence-corrected chi connectivity index (χ4v) is 4.07. The Morgan fingerprint density at radius 1 is 1.12 bits per heavy atom. The summed E-state index contributed by atoms with van der Waals surface area (Å²) in [4.78, 5) is 27.4. The van der Waals surface area contributed by atoms with Gasteiger partial charge in [0.1, 0.15) is 11.6 Å². The number of aromatic nitrogens is 3. The number of anilines is 3. The molecule has 1 N–H and O–H groups in total. The topological polar surface area (TPSA) is 74.2 Å². The van der Waals surface area contributed by atoms with Gasteiger partial charge < -0.3 is 15.1 Å². The smallest absolute Gasteiger partial charge is 0.343 e. The number of nitrogens with one attached hydrogen (secondary N) is 1. The number of carbonyl (C=O) groups is 1. The van der Waals surface area contributed by atoms with E-state index in [0.29, 0.717) is 31.6 Å². The van der Waals surface area contributed by atoms with Crippen molar-refractivity contribution in [1.82, 2.24) is 19.9 Å². The molecule has 0 spiro atoms. The number of halogens is 5. The molecule has 2 aromatic heterocycles. The number of likely N-dealkylation sites (tertiary alicyclic amines) is 1. The predicted molar refractivity (Wildman–Crippen MR) is 111 cm³/mol. The van der Waals surface area contributed by atoms with Crippen molar-refractivity contribution in [2.75, 3.05) is 36.4 Å². The van der Waals surface area contributed by atoms with Crippen molar-refractivity contribution >= 4 is 23.5 Å². The van der Waals surface area contributed by atoms with Crippen molar-refractivity contribution in [3.05, 3.63) is 35.7 Å². The highest BCUT2D eigenvalue weighted by Crippen LogP contribution is 2.34. The van der Waals surface area contributed by atoms with Crippen LogP contribution in [0.5, 0.6) is 0 Å². The Balaban J connectivity index is 1.63. The first kappa shape index (κ1) is 23.1. The summed E-state index contributed by atoms with van der Waals surface area (Å²) in [5, 5.41) is 2.77. The van der Waals surface area contributed by atoms with Gasteiger partial charge in [0, 0.05) is 51.2 Å². The monoisotopic (exact) mass is 470 g/mol. The van der Waals surface area contributed by atoms with E-state index in [9.17, 15) is 26.7 Å². The van der Waals surface area contributed by atoms with E-state index in [-0.39, 0.29) is 42.4 Å². The molecule has 0 bridgehead atoms. The second kappa shape index (κ2) is 8.71. The van der Waals surface area contributed by atoms with Gasteiger partial charge in [-0.1, -0.05) is 0 Å². The molecule has 12 heteroatoms. The molecule has 2 aliphatic heterocycles.